The van der Waals surface area contributed by atoms with Gasteiger partial charge in [0.05, 0.1) is 11.9 Å². The normalized spacial score (nSPS) is 18.9. The third kappa shape index (κ3) is 3.83. The minimum atomic E-state index is -0.241. The van der Waals surface area contributed by atoms with Gasteiger partial charge in [0.1, 0.15) is 5.82 Å². The number of nitrogens with one attached hydrogen (secondary N) is 1. The van der Waals surface area contributed by atoms with Gasteiger partial charge >= 0.3 is 0 Å². The van der Waals surface area contributed by atoms with E-state index < -0.39 is 0 Å². The molecule has 1 N–H and O–H groups in total. The molecule has 134 valence electrons. The van der Waals surface area contributed by atoms with Crippen LogP contribution < -0.4 is 10.2 Å². The summed E-state index contributed by atoms with van der Waals surface area (Å²) in [6, 6.07) is 5.18. The van der Waals surface area contributed by atoms with Gasteiger partial charge in [0.25, 0.3) is 0 Å². The molecule has 0 bridgehead atoms. The predicted molar refractivity (Wildman–Crippen MR) is 95.9 cm³/mol. The average molecular weight is 344 g/mol. The van der Waals surface area contributed by atoms with E-state index in [-0.39, 0.29) is 23.6 Å². The first kappa shape index (κ1) is 17.5. The van der Waals surface area contributed by atoms with Gasteiger partial charge in [0, 0.05) is 38.8 Å². The highest BCUT2D eigenvalue weighted by molar-refractivity contribution is 5.82. The van der Waals surface area contributed by atoms with E-state index in [1.807, 2.05) is 44.3 Å². The van der Waals surface area contributed by atoms with E-state index in [1.165, 1.54) is 6.07 Å². The highest BCUT2D eigenvalue weighted by Crippen LogP contribution is 2.47. The molecule has 1 heterocycles. The molecule has 0 aliphatic heterocycles. The lowest BCUT2D eigenvalue weighted by Crippen LogP contribution is -2.25. The minimum Gasteiger partial charge on any atom is -0.370 e. The number of hydrogen-bond donors (Lipinski definition) is 1. The molecule has 1 aliphatic carbocycles. The van der Waals surface area contributed by atoms with Crippen molar-refractivity contribution in [2.45, 2.75) is 32.7 Å². The van der Waals surface area contributed by atoms with E-state index in [4.69, 9.17) is 0 Å². The summed E-state index contributed by atoms with van der Waals surface area (Å²) < 4.78 is 16.0. The lowest BCUT2D eigenvalue weighted by molar-refractivity contribution is -0.122. The average Bonchev–Trinajstić information content (AvgIpc) is 3.29. The first-order valence-electron chi connectivity index (χ1n) is 8.83. The fraction of sp³-hybridized carbons (Fsp3) is 0.474. The van der Waals surface area contributed by atoms with Crippen LogP contribution in [0.15, 0.2) is 30.6 Å². The first-order chi connectivity index (χ1) is 12.0. The summed E-state index contributed by atoms with van der Waals surface area (Å²) in [5.74, 6) is 0.0525. The molecular weight excluding hydrogens is 319 g/mol. The number of anilines is 1. The van der Waals surface area contributed by atoms with E-state index in [2.05, 4.69) is 10.4 Å². The van der Waals surface area contributed by atoms with Gasteiger partial charge in [0.15, 0.2) is 0 Å². The van der Waals surface area contributed by atoms with Crippen molar-refractivity contribution in [2.24, 2.45) is 13.0 Å². The molecular formula is C19H25FN4O. The Morgan fingerprint density at radius 3 is 2.76 bits per heavy atom. The maximum absolute atomic E-state index is 14.3. The third-order valence-corrected chi connectivity index (χ3v) is 4.86. The van der Waals surface area contributed by atoms with Gasteiger partial charge in [-0.1, -0.05) is 6.07 Å². The standard InChI is InChI=1S/C19H25FN4O/c1-4-24(5-2)18-7-6-13(8-17(18)20)10-21-19(25)16-9-15(16)14-11-22-23(3)12-14/h6-8,11-12,15-16H,4-5,9-10H2,1-3H3,(H,21,25). The number of nitrogens with zero attached hydrogens (tertiary/aromatic N) is 3. The Morgan fingerprint density at radius 2 is 2.16 bits per heavy atom. The van der Waals surface area contributed by atoms with Gasteiger partial charge in [0.2, 0.25) is 5.91 Å². The van der Waals surface area contributed by atoms with Crippen molar-refractivity contribution in [3.05, 3.63) is 47.5 Å². The Labute approximate surface area is 147 Å². The molecule has 1 aromatic carbocycles. The van der Waals surface area contributed by atoms with Crippen molar-refractivity contribution in [2.75, 3.05) is 18.0 Å². The fourth-order valence-corrected chi connectivity index (χ4v) is 3.29. The summed E-state index contributed by atoms with van der Waals surface area (Å²) in [6.45, 7) is 5.89. The Hall–Kier alpha value is -2.37. The van der Waals surface area contributed by atoms with Gasteiger partial charge < -0.3 is 10.2 Å². The van der Waals surface area contributed by atoms with Gasteiger partial charge in [-0.05, 0) is 49.4 Å². The molecule has 1 aliphatic rings. The second-order valence-corrected chi connectivity index (χ2v) is 6.57. The fourth-order valence-electron chi connectivity index (χ4n) is 3.29. The van der Waals surface area contributed by atoms with Crippen LogP contribution in [0.1, 0.15) is 37.3 Å². The first-order valence-corrected chi connectivity index (χ1v) is 8.83. The summed E-state index contributed by atoms with van der Waals surface area (Å²) in [5, 5.41) is 7.08. The van der Waals surface area contributed by atoms with Crippen molar-refractivity contribution < 1.29 is 9.18 Å². The number of carbonyl (C=O) groups is 1. The lowest BCUT2D eigenvalue weighted by atomic mass is 10.1. The van der Waals surface area contributed by atoms with E-state index in [9.17, 15) is 9.18 Å². The Balaban J connectivity index is 1.55. The topological polar surface area (TPSA) is 50.2 Å². The smallest absolute Gasteiger partial charge is 0.224 e. The number of halogens is 1. The molecule has 2 aromatic rings. The lowest BCUT2D eigenvalue weighted by Gasteiger charge is -2.22. The molecule has 2 atom stereocenters. The highest BCUT2D eigenvalue weighted by atomic mass is 19.1. The maximum Gasteiger partial charge on any atom is 0.224 e. The molecule has 0 radical (unpaired) electrons. The molecule has 1 saturated carbocycles. The number of benzene rings is 1. The second kappa shape index (κ2) is 7.25. The van der Waals surface area contributed by atoms with Crippen molar-refractivity contribution in [1.82, 2.24) is 15.1 Å². The molecule has 25 heavy (non-hydrogen) atoms. The monoisotopic (exact) mass is 344 g/mol. The van der Waals surface area contributed by atoms with E-state index in [1.54, 1.807) is 10.7 Å². The number of aryl methyl sites for hydroxylation is 1. The minimum absolute atomic E-state index is 0.00370. The zero-order valence-corrected chi connectivity index (χ0v) is 15.0. The van der Waals surface area contributed by atoms with Gasteiger partial charge in [-0.15, -0.1) is 0 Å². The van der Waals surface area contributed by atoms with Crippen LogP contribution in [0.3, 0.4) is 0 Å². The summed E-state index contributed by atoms with van der Waals surface area (Å²) in [6.07, 6.45) is 4.63. The number of aromatic nitrogens is 2. The second-order valence-electron chi connectivity index (χ2n) is 6.57. The van der Waals surface area contributed by atoms with Crippen LogP contribution in [-0.4, -0.2) is 28.8 Å². The summed E-state index contributed by atoms with van der Waals surface area (Å²) in [5.41, 5.74) is 2.50. The Kier molecular flexibility index (Phi) is 5.06. The van der Waals surface area contributed by atoms with Crippen LogP contribution >= 0.6 is 0 Å². The number of rotatable bonds is 7. The van der Waals surface area contributed by atoms with Gasteiger partial charge in [-0.3, -0.25) is 9.48 Å². The molecule has 0 saturated heterocycles. The quantitative estimate of drug-likeness (QED) is 0.840. The van der Waals surface area contributed by atoms with Crippen LogP contribution in [0.2, 0.25) is 0 Å². The van der Waals surface area contributed by atoms with E-state index >= 15 is 0 Å². The molecule has 6 heteroatoms. The number of carbonyl (C=O) groups excluding carboxylic acids is 1. The van der Waals surface area contributed by atoms with E-state index in [0.717, 1.165) is 30.6 Å². The van der Waals surface area contributed by atoms with Crippen LogP contribution in [0.4, 0.5) is 10.1 Å². The zero-order chi connectivity index (χ0) is 18.0. The molecule has 5 nitrogen and oxygen atoms in total. The molecule has 1 aromatic heterocycles. The van der Waals surface area contributed by atoms with E-state index in [0.29, 0.717) is 12.2 Å². The Morgan fingerprint density at radius 1 is 1.40 bits per heavy atom. The van der Waals surface area contributed by atoms with Gasteiger partial charge in [-0.25, -0.2) is 4.39 Å². The SMILES string of the molecule is CCN(CC)c1ccc(CNC(=O)C2CC2c2cnn(C)c2)cc1F. The number of amides is 1. The van der Waals surface area contributed by atoms with Crippen LogP contribution in [0, 0.1) is 11.7 Å². The maximum atomic E-state index is 14.3. The highest BCUT2D eigenvalue weighted by Gasteiger charge is 2.44. The largest absolute Gasteiger partial charge is 0.370 e. The summed E-state index contributed by atoms with van der Waals surface area (Å²) >= 11 is 0. The van der Waals surface area contributed by atoms with Crippen molar-refractivity contribution >= 4 is 11.6 Å². The molecule has 0 spiro atoms. The third-order valence-electron chi connectivity index (χ3n) is 4.86. The van der Waals surface area contributed by atoms with Crippen LogP contribution in [0.5, 0.6) is 0 Å². The molecule has 3 rings (SSSR count). The van der Waals surface area contributed by atoms with Crippen molar-refractivity contribution in [3.8, 4) is 0 Å². The molecule has 2 unspecified atom stereocenters. The predicted octanol–water partition coefficient (Wildman–Crippen LogP) is 2.83. The Bertz CT molecular complexity index is 754. The number of hydrogen-bond acceptors (Lipinski definition) is 3. The molecule has 1 fully saturated rings. The summed E-state index contributed by atoms with van der Waals surface area (Å²) in [4.78, 5) is 14.3. The van der Waals surface area contributed by atoms with Gasteiger partial charge in [-0.2, -0.15) is 5.10 Å². The van der Waals surface area contributed by atoms with Crippen LogP contribution in [0.25, 0.3) is 0 Å². The summed E-state index contributed by atoms with van der Waals surface area (Å²) in [7, 11) is 1.87. The zero-order valence-electron chi connectivity index (χ0n) is 15.0. The van der Waals surface area contributed by atoms with Crippen LogP contribution in [-0.2, 0) is 18.4 Å². The molecule has 1 amide bonds. The van der Waals surface area contributed by atoms with Crippen molar-refractivity contribution in [1.29, 1.82) is 0 Å². The van der Waals surface area contributed by atoms with Crippen molar-refractivity contribution in [3.63, 3.8) is 0 Å².